The van der Waals surface area contributed by atoms with Crippen LogP contribution in [0.3, 0.4) is 0 Å². The van der Waals surface area contributed by atoms with Gasteiger partial charge in [0.25, 0.3) is 5.91 Å². The highest BCUT2D eigenvalue weighted by Gasteiger charge is 2.18. The minimum Gasteiger partial charge on any atom is -0.497 e. The number of rotatable bonds is 5. The summed E-state index contributed by atoms with van der Waals surface area (Å²) in [4.78, 5) is 29.2. The molecule has 0 unspecified atom stereocenters. The van der Waals surface area contributed by atoms with Gasteiger partial charge in [0.1, 0.15) is 5.75 Å². The minimum atomic E-state index is -0.401. The number of amides is 1. The van der Waals surface area contributed by atoms with E-state index in [-0.39, 0.29) is 19.2 Å². The van der Waals surface area contributed by atoms with Gasteiger partial charge in [-0.1, -0.05) is 17.4 Å². The highest BCUT2D eigenvalue weighted by atomic mass is 32.1. The third-order valence-corrected chi connectivity index (χ3v) is 5.50. The van der Waals surface area contributed by atoms with Gasteiger partial charge in [-0.25, -0.2) is 0 Å². The van der Waals surface area contributed by atoms with Crippen LogP contribution < -0.4 is 19.0 Å². The molecule has 8 nitrogen and oxygen atoms in total. The maximum atomic E-state index is 12.7. The van der Waals surface area contributed by atoms with Crippen molar-refractivity contribution in [1.29, 1.82) is 0 Å². The van der Waals surface area contributed by atoms with Gasteiger partial charge in [0.05, 0.1) is 30.9 Å². The summed E-state index contributed by atoms with van der Waals surface area (Å²) >= 11 is 1.34. The zero-order valence-corrected chi connectivity index (χ0v) is 16.7. The number of nitrogens with zero attached hydrogens (tertiary/aromatic N) is 2. The number of hydrogen-bond acceptors (Lipinski definition) is 7. The van der Waals surface area contributed by atoms with Crippen LogP contribution in [-0.4, -0.2) is 37.5 Å². The lowest BCUT2D eigenvalue weighted by molar-refractivity contribution is -0.140. The van der Waals surface area contributed by atoms with E-state index in [1.54, 1.807) is 24.3 Å². The van der Waals surface area contributed by atoms with Crippen LogP contribution in [-0.2, 0) is 16.1 Å². The number of aromatic nitrogens is 1. The first-order chi connectivity index (χ1) is 14.1. The molecule has 2 heterocycles. The van der Waals surface area contributed by atoms with Crippen LogP contribution in [0.2, 0.25) is 0 Å². The first-order valence-corrected chi connectivity index (χ1v) is 9.63. The topological polar surface area (TPSA) is 88.4 Å². The molecule has 0 aliphatic carbocycles. The molecule has 9 heteroatoms. The van der Waals surface area contributed by atoms with Crippen molar-refractivity contribution in [2.45, 2.75) is 13.0 Å². The smallest absolute Gasteiger partial charge is 0.307 e. The van der Waals surface area contributed by atoms with Crippen LogP contribution in [0.15, 0.2) is 41.4 Å². The quantitative estimate of drug-likeness (QED) is 0.597. The lowest BCUT2D eigenvalue weighted by Gasteiger charge is -2.05. The van der Waals surface area contributed by atoms with E-state index in [2.05, 4.69) is 4.99 Å². The SMILES string of the molecule is COC(=O)CCn1c(=NC(=O)c2cccc(OC)c2)sc2cc3c(cc21)OCO3. The van der Waals surface area contributed by atoms with Gasteiger partial charge in [-0.2, -0.15) is 4.99 Å². The van der Waals surface area contributed by atoms with Gasteiger partial charge >= 0.3 is 5.97 Å². The molecular formula is C20H18N2O6S. The fraction of sp³-hybridized carbons (Fsp3) is 0.250. The molecule has 2 aromatic carbocycles. The zero-order valence-electron chi connectivity index (χ0n) is 15.8. The Morgan fingerprint density at radius 3 is 2.72 bits per heavy atom. The molecule has 150 valence electrons. The number of hydrogen-bond donors (Lipinski definition) is 0. The summed E-state index contributed by atoms with van der Waals surface area (Å²) in [6, 6.07) is 10.5. The normalized spacial score (nSPS) is 13.0. The molecule has 0 saturated heterocycles. The number of carbonyl (C=O) groups excluding carboxylic acids is 2. The molecular weight excluding hydrogens is 396 g/mol. The van der Waals surface area contributed by atoms with Crippen LogP contribution in [0.5, 0.6) is 17.2 Å². The molecule has 0 fully saturated rings. The predicted molar refractivity (Wildman–Crippen MR) is 105 cm³/mol. The molecule has 0 N–H and O–H groups in total. The van der Waals surface area contributed by atoms with Crippen LogP contribution in [0.25, 0.3) is 10.2 Å². The molecule has 1 aliphatic heterocycles. The molecule has 0 radical (unpaired) electrons. The molecule has 0 saturated carbocycles. The zero-order chi connectivity index (χ0) is 20.4. The maximum Gasteiger partial charge on any atom is 0.307 e. The molecule has 1 aromatic heterocycles. The Kier molecular flexibility index (Phi) is 5.22. The second-order valence-corrected chi connectivity index (χ2v) is 7.19. The molecule has 0 bridgehead atoms. The summed E-state index contributed by atoms with van der Waals surface area (Å²) in [6.07, 6.45) is 0.150. The molecule has 0 atom stereocenters. The van der Waals surface area contributed by atoms with Crippen molar-refractivity contribution in [2.24, 2.45) is 4.99 Å². The largest absolute Gasteiger partial charge is 0.497 e. The summed E-state index contributed by atoms with van der Waals surface area (Å²) in [5.41, 5.74) is 1.22. The lowest BCUT2D eigenvalue weighted by Crippen LogP contribution is -2.19. The van der Waals surface area contributed by atoms with Crippen molar-refractivity contribution in [1.82, 2.24) is 4.57 Å². The van der Waals surface area contributed by atoms with Crippen LogP contribution in [0.4, 0.5) is 0 Å². The third kappa shape index (κ3) is 3.81. The van der Waals surface area contributed by atoms with E-state index in [4.69, 9.17) is 18.9 Å². The molecule has 1 aliphatic rings. The second-order valence-electron chi connectivity index (χ2n) is 6.18. The number of carbonyl (C=O) groups is 2. The van der Waals surface area contributed by atoms with Crippen molar-refractivity contribution in [2.75, 3.05) is 21.0 Å². The van der Waals surface area contributed by atoms with Gasteiger partial charge in [0.15, 0.2) is 16.3 Å². The predicted octanol–water partition coefficient (Wildman–Crippen LogP) is 2.74. The van der Waals surface area contributed by atoms with Gasteiger partial charge in [-0.15, -0.1) is 0 Å². The Bertz CT molecular complexity index is 1160. The summed E-state index contributed by atoms with van der Waals surface area (Å²) in [5.74, 6) is 1.09. The lowest BCUT2D eigenvalue weighted by atomic mass is 10.2. The van der Waals surface area contributed by atoms with E-state index in [1.165, 1.54) is 25.6 Å². The standard InChI is InChI=1S/C20H18N2O6S/c1-25-13-5-3-4-12(8-13)19(24)21-20-22(7-6-18(23)26-2)14-9-15-16(28-11-27-15)10-17(14)29-20/h3-5,8-10H,6-7,11H2,1-2H3. The summed E-state index contributed by atoms with van der Waals surface area (Å²) in [7, 11) is 2.88. The Morgan fingerprint density at radius 1 is 1.17 bits per heavy atom. The van der Waals surface area contributed by atoms with Crippen molar-refractivity contribution in [3.8, 4) is 17.2 Å². The second kappa shape index (κ2) is 7.96. The average molecular weight is 414 g/mol. The first kappa shape index (κ1) is 19.0. The fourth-order valence-corrected chi connectivity index (χ4v) is 4.04. The highest BCUT2D eigenvalue weighted by Crippen LogP contribution is 2.37. The molecule has 3 aromatic rings. The fourth-order valence-electron chi connectivity index (χ4n) is 2.97. The average Bonchev–Trinajstić information content (AvgIpc) is 3.33. The molecule has 1 amide bonds. The van der Waals surface area contributed by atoms with E-state index in [0.29, 0.717) is 34.2 Å². The van der Waals surface area contributed by atoms with E-state index in [9.17, 15) is 9.59 Å². The Balaban J connectivity index is 1.80. The number of fused-ring (bicyclic) bond motifs is 2. The van der Waals surface area contributed by atoms with Crippen LogP contribution >= 0.6 is 11.3 Å². The number of methoxy groups -OCH3 is 2. The van der Waals surface area contributed by atoms with Crippen molar-refractivity contribution >= 4 is 33.4 Å². The summed E-state index contributed by atoms with van der Waals surface area (Å²) < 4.78 is 23.5. The monoisotopic (exact) mass is 414 g/mol. The number of esters is 1. The van der Waals surface area contributed by atoms with E-state index in [0.717, 1.165) is 10.2 Å². The van der Waals surface area contributed by atoms with Gasteiger partial charge in [-0.3, -0.25) is 9.59 Å². The summed E-state index contributed by atoms with van der Waals surface area (Å²) in [6.45, 7) is 0.483. The number of aryl methyl sites for hydroxylation is 1. The van der Waals surface area contributed by atoms with Gasteiger partial charge in [0, 0.05) is 24.2 Å². The number of thiazole rings is 1. The molecule has 29 heavy (non-hydrogen) atoms. The Morgan fingerprint density at radius 2 is 1.97 bits per heavy atom. The molecule has 4 rings (SSSR count). The van der Waals surface area contributed by atoms with E-state index in [1.807, 2.05) is 16.7 Å². The summed E-state index contributed by atoms with van der Waals surface area (Å²) in [5, 5.41) is 0. The van der Waals surface area contributed by atoms with Gasteiger partial charge in [0.2, 0.25) is 6.79 Å². The number of benzene rings is 2. The third-order valence-electron chi connectivity index (χ3n) is 4.46. The van der Waals surface area contributed by atoms with Gasteiger partial charge < -0.3 is 23.5 Å². The van der Waals surface area contributed by atoms with Crippen molar-refractivity contribution in [3.63, 3.8) is 0 Å². The van der Waals surface area contributed by atoms with E-state index >= 15 is 0 Å². The Labute approximate surface area is 169 Å². The highest BCUT2D eigenvalue weighted by molar-refractivity contribution is 7.16. The van der Waals surface area contributed by atoms with Crippen molar-refractivity contribution in [3.05, 3.63) is 46.8 Å². The van der Waals surface area contributed by atoms with Gasteiger partial charge in [-0.05, 0) is 18.2 Å². The number of ether oxygens (including phenoxy) is 4. The first-order valence-electron chi connectivity index (χ1n) is 8.82. The minimum absolute atomic E-state index is 0.150. The van der Waals surface area contributed by atoms with Crippen LogP contribution in [0.1, 0.15) is 16.8 Å². The van der Waals surface area contributed by atoms with Crippen molar-refractivity contribution < 1.29 is 28.5 Å². The van der Waals surface area contributed by atoms with Crippen LogP contribution in [0, 0.1) is 0 Å². The molecule has 0 spiro atoms. The Hall–Kier alpha value is -3.33. The van der Waals surface area contributed by atoms with E-state index < -0.39 is 5.91 Å². The maximum absolute atomic E-state index is 12.7.